The van der Waals surface area contributed by atoms with E-state index in [-0.39, 0.29) is 0 Å². The number of anilines is 2. The molecule has 1 aromatic carbocycles. The van der Waals surface area contributed by atoms with Gasteiger partial charge in [0.05, 0.1) is 11.4 Å². The lowest BCUT2D eigenvalue weighted by Gasteiger charge is -2.13. The monoisotopic (exact) mass is 256 g/mol. The third-order valence-corrected chi connectivity index (χ3v) is 2.96. The maximum Gasteiger partial charge on any atom is 0.0618 e. The minimum Gasteiger partial charge on any atom is -0.397 e. The molecule has 0 amide bonds. The first-order valence-corrected chi connectivity index (χ1v) is 6.40. The molecule has 0 saturated carbocycles. The summed E-state index contributed by atoms with van der Waals surface area (Å²) in [5.74, 6) is 0. The Morgan fingerprint density at radius 2 is 2.12 bits per heavy atom. The van der Waals surface area contributed by atoms with Crippen LogP contribution in [0.5, 0.6) is 0 Å². The topological polar surface area (TPSA) is 47.3 Å². The van der Waals surface area contributed by atoms with Gasteiger partial charge in [-0.15, -0.1) is 0 Å². The van der Waals surface area contributed by atoms with Crippen LogP contribution in [0.4, 0.5) is 11.4 Å². The van der Waals surface area contributed by atoms with Crippen LogP contribution in [-0.2, 0) is 4.74 Å². The van der Waals surface area contributed by atoms with Gasteiger partial charge in [-0.25, -0.2) is 0 Å². The second-order valence-electron chi connectivity index (χ2n) is 4.03. The molecule has 0 saturated heterocycles. The highest BCUT2D eigenvalue weighted by Crippen LogP contribution is 2.29. The van der Waals surface area contributed by atoms with Gasteiger partial charge in [0.25, 0.3) is 0 Å². The van der Waals surface area contributed by atoms with E-state index in [1.54, 1.807) is 0 Å². The van der Waals surface area contributed by atoms with E-state index in [9.17, 15) is 0 Å². The second-order valence-corrected chi connectivity index (χ2v) is 4.44. The summed E-state index contributed by atoms with van der Waals surface area (Å²) in [6, 6.07) is 3.65. The number of ether oxygens (including phenoxy) is 1. The van der Waals surface area contributed by atoms with Crippen LogP contribution in [0, 0.1) is 6.92 Å². The largest absolute Gasteiger partial charge is 0.397 e. The fraction of sp³-hybridized carbons (Fsp3) is 0.538. The summed E-state index contributed by atoms with van der Waals surface area (Å²) >= 11 is 6.05. The smallest absolute Gasteiger partial charge is 0.0618 e. The molecule has 0 heterocycles. The van der Waals surface area contributed by atoms with E-state index in [0.717, 1.165) is 54.6 Å². The number of nitrogen functional groups attached to an aromatic ring is 1. The molecule has 0 aliphatic rings. The fourth-order valence-corrected chi connectivity index (χ4v) is 1.73. The second kappa shape index (κ2) is 7.41. The number of benzene rings is 1. The molecule has 0 atom stereocenters. The summed E-state index contributed by atoms with van der Waals surface area (Å²) in [4.78, 5) is 0. The number of hydrogen-bond donors (Lipinski definition) is 2. The van der Waals surface area contributed by atoms with Crippen LogP contribution in [0.2, 0.25) is 5.02 Å². The summed E-state index contributed by atoms with van der Waals surface area (Å²) in [5.41, 5.74) is 8.58. The Hall–Kier alpha value is -0.930. The quantitative estimate of drug-likeness (QED) is 0.580. The summed E-state index contributed by atoms with van der Waals surface area (Å²) in [6.45, 7) is 6.52. The first-order chi connectivity index (χ1) is 8.16. The van der Waals surface area contributed by atoms with Gasteiger partial charge in [0, 0.05) is 24.8 Å². The summed E-state index contributed by atoms with van der Waals surface area (Å²) in [6.07, 6.45) is 2.03. The zero-order valence-corrected chi connectivity index (χ0v) is 11.3. The van der Waals surface area contributed by atoms with Crippen LogP contribution in [-0.4, -0.2) is 19.8 Å². The van der Waals surface area contributed by atoms with E-state index in [1.807, 2.05) is 19.1 Å². The van der Waals surface area contributed by atoms with E-state index in [0.29, 0.717) is 0 Å². The predicted octanol–water partition coefficient (Wildman–Crippen LogP) is 3.46. The van der Waals surface area contributed by atoms with Crippen LogP contribution in [0.3, 0.4) is 0 Å². The predicted molar refractivity (Wildman–Crippen MR) is 74.8 cm³/mol. The lowest BCUT2D eigenvalue weighted by molar-refractivity contribution is 0.134. The van der Waals surface area contributed by atoms with E-state index in [1.165, 1.54) is 0 Å². The first-order valence-electron chi connectivity index (χ1n) is 6.03. The molecule has 0 aliphatic heterocycles. The van der Waals surface area contributed by atoms with Gasteiger partial charge in [-0.1, -0.05) is 18.5 Å². The van der Waals surface area contributed by atoms with Crippen molar-refractivity contribution in [2.45, 2.75) is 26.7 Å². The van der Waals surface area contributed by atoms with Crippen molar-refractivity contribution in [3.63, 3.8) is 0 Å². The van der Waals surface area contributed by atoms with Gasteiger partial charge < -0.3 is 15.8 Å². The van der Waals surface area contributed by atoms with Crippen molar-refractivity contribution in [1.29, 1.82) is 0 Å². The average Bonchev–Trinajstić information content (AvgIpc) is 2.32. The molecule has 1 aromatic rings. The highest BCUT2D eigenvalue weighted by atomic mass is 35.5. The molecule has 3 N–H and O–H groups in total. The molecule has 0 radical (unpaired) electrons. The molecule has 0 aliphatic carbocycles. The molecule has 0 unspecified atom stereocenters. The van der Waals surface area contributed by atoms with Crippen LogP contribution < -0.4 is 11.1 Å². The van der Waals surface area contributed by atoms with Crippen molar-refractivity contribution in [2.75, 3.05) is 30.8 Å². The highest BCUT2D eigenvalue weighted by Gasteiger charge is 2.05. The maximum absolute atomic E-state index is 6.05. The van der Waals surface area contributed by atoms with Crippen molar-refractivity contribution in [1.82, 2.24) is 0 Å². The third-order valence-electron chi connectivity index (χ3n) is 2.55. The van der Waals surface area contributed by atoms with Crippen molar-refractivity contribution in [3.8, 4) is 0 Å². The summed E-state index contributed by atoms with van der Waals surface area (Å²) in [7, 11) is 0. The molecule has 0 fully saturated rings. The van der Waals surface area contributed by atoms with E-state index < -0.39 is 0 Å². The van der Waals surface area contributed by atoms with Crippen LogP contribution in [0.25, 0.3) is 0 Å². The number of rotatable bonds is 7. The standard InChI is InChI=1S/C13H21ClN2O/c1-3-8-17-9-4-7-16-13-10(2)11(14)5-6-12(13)15/h5-6,16H,3-4,7-9,15H2,1-2H3. The molecule has 0 aromatic heterocycles. The average molecular weight is 257 g/mol. The summed E-state index contributed by atoms with van der Waals surface area (Å²) < 4.78 is 5.41. The van der Waals surface area contributed by atoms with Gasteiger partial charge in [0.1, 0.15) is 0 Å². The Morgan fingerprint density at radius 1 is 1.35 bits per heavy atom. The number of hydrogen-bond acceptors (Lipinski definition) is 3. The molecule has 0 bridgehead atoms. The third kappa shape index (κ3) is 4.44. The first kappa shape index (κ1) is 14.1. The Kier molecular flexibility index (Phi) is 6.16. The number of nitrogens with one attached hydrogen (secondary N) is 1. The van der Waals surface area contributed by atoms with Crippen LogP contribution in [0.15, 0.2) is 12.1 Å². The number of nitrogens with two attached hydrogens (primary N) is 1. The Bertz CT molecular complexity index is 356. The molecule has 1 rings (SSSR count). The Labute approximate surface area is 108 Å². The Balaban J connectivity index is 2.39. The van der Waals surface area contributed by atoms with Crippen molar-refractivity contribution >= 4 is 23.0 Å². The van der Waals surface area contributed by atoms with Gasteiger partial charge in [0.2, 0.25) is 0 Å². The van der Waals surface area contributed by atoms with Gasteiger partial charge >= 0.3 is 0 Å². The highest BCUT2D eigenvalue weighted by molar-refractivity contribution is 6.31. The maximum atomic E-state index is 6.05. The zero-order chi connectivity index (χ0) is 12.7. The van der Waals surface area contributed by atoms with E-state index >= 15 is 0 Å². The van der Waals surface area contributed by atoms with E-state index in [4.69, 9.17) is 22.1 Å². The van der Waals surface area contributed by atoms with Crippen LogP contribution >= 0.6 is 11.6 Å². The lowest BCUT2D eigenvalue weighted by Crippen LogP contribution is -2.09. The minimum atomic E-state index is 0.737. The molecule has 96 valence electrons. The number of halogens is 1. The van der Waals surface area contributed by atoms with Crippen molar-refractivity contribution < 1.29 is 4.74 Å². The SMILES string of the molecule is CCCOCCCNc1c(N)ccc(Cl)c1C. The van der Waals surface area contributed by atoms with Crippen molar-refractivity contribution in [2.24, 2.45) is 0 Å². The van der Waals surface area contributed by atoms with Gasteiger partial charge in [-0.05, 0) is 37.5 Å². The molecular weight excluding hydrogens is 236 g/mol. The van der Waals surface area contributed by atoms with Gasteiger partial charge in [-0.2, -0.15) is 0 Å². The Morgan fingerprint density at radius 3 is 2.82 bits per heavy atom. The molecule has 4 heteroatoms. The normalized spacial score (nSPS) is 10.5. The lowest BCUT2D eigenvalue weighted by atomic mass is 10.1. The van der Waals surface area contributed by atoms with Crippen molar-refractivity contribution in [3.05, 3.63) is 22.7 Å². The summed E-state index contributed by atoms with van der Waals surface area (Å²) in [5, 5.41) is 4.05. The van der Waals surface area contributed by atoms with Gasteiger partial charge in [-0.3, -0.25) is 0 Å². The van der Waals surface area contributed by atoms with Crippen LogP contribution in [0.1, 0.15) is 25.3 Å². The molecule has 0 spiro atoms. The van der Waals surface area contributed by atoms with E-state index in [2.05, 4.69) is 12.2 Å². The zero-order valence-electron chi connectivity index (χ0n) is 10.6. The minimum absolute atomic E-state index is 0.737. The molecule has 3 nitrogen and oxygen atoms in total. The fourth-order valence-electron chi connectivity index (χ4n) is 1.58. The molecule has 17 heavy (non-hydrogen) atoms. The molecular formula is C13H21ClN2O. The van der Waals surface area contributed by atoms with Gasteiger partial charge in [0.15, 0.2) is 0 Å².